The fraction of sp³-hybridized carbons (Fsp3) is 0.200. The van der Waals surface area contributed by atoms with E-state index in [0.717, 1.165) is 5.52 Å². The van der Waals surface area contributed by atoms with E-state index in [0.29, 0.717) is 22.8 Å². The number of fused-ring (bicyclic) bond motifs is 1. The Balaban J connectivity index is 2.02. The Morgan fingerprint density at radius 1 is 1.26 bits per heavy atom. The first kappa shape index (κ1) is 15.3. The SMILES string of the molecule is CCS(=O)(=O)Oc1ccc(-c2nc3ncccc3[nH]2)c(OC)c1. The molecule has 1 aromatic carbocycles. The molecular weight excluding hydrogens is 318 g/mol. The first-order valence-corrected chi connectivity index (χ1v) is 8.51. The van der Waals surface area contributed by atoms with E-state index in [1.54, 1.807) is 18.3 Å². The molecule has 7 nitrogen and oxygen atoms in total. The fourth-order valence-electron chi connectivity index (χ4n) is 2.10. The highest BCUT2D eigenvalue weighted by Crippen LogP contribution is 2.33. The molecule has 2 aromatic heterocycles. The Morgan fingerprint density at radius 2 is 2.09 bits per heavy atom. The minimum absolute atomic E-state index is 0.105. The zero-order chi connectivity index (χ0) is 16.4. The van der Waals surface area contributed by atoms with Gasteiger partial charge in [-0.3, -0.25) is 0 Å². The highest BCUT2D eigenvalue weighted by Gasteiger charge is 2.15. The monoisotopic (exact) mass is 333 g/mol. The van der Waals surface area contributed by atoms with Gasteiger partial charge in [0.2, 0.25) is 0 Å². The predicted molar refractivity (Wildman–Crippen MR) is 86.0 cm³/mol. The number of hydrogen-bond donors (Lipinski definition) is 1. The number of hydrogen-bond acceptors (Lipinski definition) is 6. The maximum atomic E-state index is 11.6. The molecule has 0 saturated carbocycles. The molecule has 0 bridgehead atoms. The van der Waals surface area contributed by atoms with Crippen molar-refractivity contribution >= 4 is 21.3 Å². The van der Waals surface area contributed by atoms with Gasteiger partial charge in [0.25, 0.3) is 0 Å². The number of imidazole rings is 1. The Labute approximate surface area is 133 Å². The zero-order valence-corrected chi connectivity index (χ0v) is 13.4. The lowest BCUT2D eigenvalue weighted by molar-refractivity contribution is 0.413. The number of nitrogens with one attached hydrogen (secondary N) is 1. The van der Waals surface area contributed by atoms with Crippen LogP contribution in [0.1, 0.15) is 6.92 Å². The third-order valence-electron chi connectivity index (χ3n) is 3.26. The molecule has 0 aliphatic rings. The summed E-state index contributed by atoms with van der Waals surface area (Å²) in [5, 5.41) is 0. The second-order valence-corrected chi connectivity index (χ2v) is 6.61. The van der Waals surface area contributed by atoms with Gasteiger partial charge >= 0.3 is 10.1 Å². The van der Waals surface area contributed by atoms with Gasteiger partial charge in [0.1, 0.15) is 17.3 Å². The van der Waals surface area contributed by atoms with E-state index in [-0.39, 0.29) is 11.5 Å². The smallest absolute Gasteiger partial charge is 0.308 e. The molecule has 0 aliphatic heterocycles. The topological polar surface area (TPSA) is 94.2 Å². The lowest BCUT2D eigenvalue weighted by atomic mass is 10.2. The molecule has 3 aromatic rings. The second-order valence-electron chi connectivity index (χ2n) is 4.75. The quantitative estimate of drug-likeness (QED) is 0.720. The largest absolute Gasteiger partial charge is 0.496 e. The minimum Gasteiger partial charge on any atom is -0.496 e. The molecule has 0 atom stereocenters. The van der Waals surface area contributed by atoms with Crippen LogP contribution >= 0.6 is 0 Å². The number of H-pyrrole nitrogens is 1. The molecule has 23 heavy (non-hydrogen) atoms. The van der Waals surface area contributed by atoms with E-state index >= 15 is 0 Å². The average Bonchev–Trinajstić information content (AvgIpc) is 2.98. The van der Waals surface area contributed by atoms with Crippen molar-refractivity contribution in [2.24, 2.45) is 0 Å². The molecule has 0 spiro atoms. The summed E-state index contributed by atoms with van der Waals surface area (Å²) in [5.41, 5.74) is 2.09. The van der Waals surface area contributed by atoms with Gasteiger partial charge in [0.05, 0.1) is 23.9 Å². The molecule has 0 saturated heterocycles. The van der Waals surface area contributed by atoms with E-state index in [4.69, 9.17) is 8.92 Å². The van der Waals surface area contributed by atoms with E-state index in [2.05, 4.69) is 15.0 Å². The molecular formula is C15H15N3O4S. The summed E-state index contributed by atoms with van der Waals surface area (Å²) in [6.07, 6.45) is 1.66. The van der Waals surface area contributed by atoms with Crippen LogP contribution in [0.2, 0.25) is 0 Å². The summed E-state index contributed by atoms with van der Waals surface area (Å²) >= 11 is 0. The van der Waals surface area contributed by atoms with Crippen molar-refractivity contribution < 1.29 is 17.3 Å². The maximum Gasteiger partial charge on any atom is 0.308 e. The summed E-state index contributed by atoms with van der Waals surface area (Å²) in [4.78, 5) is 11.7. The van der Waals surface area contributed by atoms with Crippen molar-refractivity contribution in [1.29, 1.82) is 0 Å². The van der Waals surface area contributed by atoms with E-state index in [9.17, 15) is 8.42 Å². The summed E-state index contributed by atoms with van der Waals surface area (Å²) in [7, 11) is -2.09. The van der Waals surface area contributed by atoms with Gasteiger partial charge < -0.3 is 13.9 Å². The van der Waals surface area contributed by atoms with Gasteiger partial charge in [-0.15, -0.1) is 0 Å². The van der Waals surface area contributed by atoms with Gasteiger partial charge in [0.15, 0.2) is 5.65 Å². The van der Waals surface area contributed by atoms with Gasteiger partial charge in [-0.1, -0.05) is 0 Å². The molecule has 0 fully saturated rings. The summed E-state index contributed by atoms with van der Waals surface area (Å²) in [6, 6.07) is 8.45. The van der Waals surface area contributed by atoms with Crippen molar-refractivity contribution in [2.75, 3.05) is 12.9 Å². The standard InChI is InChI=1S/C15H15N3O4S/c1-3-23(19,20)22-10-6-7-11(13(9-10)21-2)14-17-12-5-4-8-16-15(12)18-14/h4-9H,3H2,1-2H3,(H,16,17,18). The Kier molecular flexibility index (Phi) is 3.91. The molecule has 2 heterocycles. The highest BCUT2D eigenvalue weighted by atomic mass is 32.2. The Hall–Kier alpha value is -2.61. The summed E-state index contributed by atoms with van der Waals surface area (Å²) in [6.45, 7) is 1.52. The molecule has 8 heteroatoms. The zero-order valence-electron chi connectivity index (χ0n) is 12.6. The predicted octanol–water partition coefficient (Wildman–Crippen LogP) is 2.36. The third kappa shape index (κ3) is 3.11. The van der Waals surface area contributed by atoms with Gasteiger partial charge in [0, 0.05) is 12.3 Å². The van der Waals surface area contributed by atoms with Gasteiger partial charge in [-0.25, -0.2) is 9.97 Å². The second kappa shape index (κ2) is 5.88. The Morgan fingerprint density at radius 3 is 2.78 bits per heavy atom. The lowest BCUT2D eigenvalue weighted by Gasteiger charge is -2.09. The molecule has 1 N–H and O–H groups in total. The number of aromatic nitrogens is 3. The molecule has 0 radical (unpaired) electrons. The van der Waals surface area contributed by atoms with Gasteiger partial charge in [-0.05, 0) is 31.2 Å². The Bertz CT molecular complexity index is 917. The fourth-order valence-corrected chi connectivity index (χ4v) is 2.61. The number of pyridine rings is 1. The molecule has 0 unspecified atom stereocenters. The number of methoxy groups -OCH3 is 1. The van der Waals surface area contributed by atoms with Crippen LogP contribution in [0.15, 0.2) is 36.5 Å². The van der Waals surface area contributed by atoms with Crippen molar-refractivity contribution in [3.8, 4) is 22.9 Å². The van der Waals surface area contributed by atoms with Crippen LogP contribution in [0.5, 0.6) is 11.5 Å². The van der Waals surface area contributed by atoms with Gasteiger partial charge in [-0.2, -0.15) is 8.42 Å². The summed E-state index contributed by atoms with van der Waals surface area (Å²) < 4.78 is 33.4. The van der Waals surface area contributed by atoms with Crippen molar-refractivity contribution in [3.05, 3.63) is 36.5 Å². The van der Waals surface area contributed by atoms with Crippen molar-refractivity contribution in [2.45, 2.75) is 6.92 Å². The van der Waals surface area contributed by atoms with Crippen LogP contribution in [0.4, 0.5) is 0 Å². The van der Waals surface area contributed by atoms with Crippen LogP contribution in [-0.4, -0.2) is 36.2 Å². The number of aromatic amines is 1. The number of benzene rings is 1. The van der Waals surface area contributed by atoms with Crippen molar-refractivity contribution in [1.82, 2.24) is 15.0 Å². The van der Waals surface area contributed by atoms with E-state index in [1.807, 2.05) is 12.1 Å². The molecule has 0 amide bonds. The molecule has 0 aliphatic carbocycles. The average molecular weight is 333 g/mol. The first-order chi connectivity index (χ1) is 11.0. The van der Waals surface area contributed by atoms with Crippen LogP contribution in [0.3, 0.4) is 0 Å². The van der Waals surface area contributed by atoms with Crippen LogP contribution in [-0.2, 0) is 10.1 Å². The molecule has 120 valence electrons. The van der Waals surface area contributed by atoms with Crippen LogP contribution < -0.4 is 8.92 Å². The third-order valence-corrected chi connectivity index (χ3v) is 4.42. The number of nitrogens with zero attached hydrogens (tertiary/aromatic N) is 2. The summed E-state index contributed by atoms with van der Waals surface area (Å²) in [5.74, 6) is 1.13. The van der Waals surface area contributed by atoms with E-state index < -0.39 is 10.1 Å². The first-order valence-electron chi connectivity index (χ1n) is 6.93. The van der Waals surface area contributed by atoms with Crippen LogP contribution in [0, 0.1) is 0 Å². The number of ether oxygens (including phenoxy) is 1. The van der Waals surface area contributed by atoms with Crippen LogP contribution in [0.25, 0.3) is 22.6 Å². The lowest BCUT2D eigenvalue weighted by Crippen LogP contribution is -2.11. The normalized spacial score (nSPS) is 11.6. The maximum absolute atomic E-state index is 11.6. The minimum atomic E-state index is -3.58. The number of rotatable bonds is 5. The highest BCUT2D eigenvalue weighted by molar-refractivity contribution is 7.87. The molecule has 3 rings (SSSR count). The van der Waals surface area contributed by atoms with E-state index in [1.165, 1.54) is 20.1 Å². The van der Waals surface area contributed by atoms with Crippen molar-refractivity contribution in [3.63, 3.8) is 0 Å².